The molecule has 15 heavy (non-hydrogen) atoms. The molecular weight excluding hydrogens is 201 g/mol. The molecule has 1 unspecified atom stereocenters. The van der Waals surface area contributed by atoms with Crippen LogP contribution in [0.2, 0.25) is 0 Å². The van der Waals surface area contributed by atoms with E-state index >= 15 is 0 Å². The normalized spacial score (nSPS) is 14.8. The van der Waals surface area contributed by atoms with Gasteiger partial charge < -0.3 is 5.09 Å². The first-order valence-electron chi connectivity index (χ1n) is 5.18. The Hall–Kier alpha value is -1.07. The molecule has 1 aliphatic rings. The molecule has 0 saturated carbocycles. The second-order valence-corrected chi connectivity index (χ2v) is 4.32. The molecule has 1 N–H and O–H groups in total. The van der Waals surface area contributed by atoms with Gasteiger partial charge in [0.15, 0.2) is 0 Å². The van der Waals surface area contributed by atoms with Gasteiger partial charge in [0.05, 0.1) is 0 Å². The van der Waals surface area contributed by atoms with Gasteiger partial charge in [0.2, 0.25) is 0 Å². The van der Waals surface area contributed by atoms with E-state index in [2.05, 4.69) is 57.8 Å². The van der Waals surface area contributed by atoms with Crippen molar-refractivity contribution in [2.75, 3.05) is 5.09 Å². The fraction of sp³-hybridized carbons (Fsp3) is 0.231. The van der Waals surface area contributed by atoms with Crippen LogP contribution in [0.15, 0.2) is 47.6 Å². The van der Waals surface area contributed by atoms with E-state index in [1.54, 1.807) is 0 Å². The highest BCUT2D eigenvalue weighted by Gasteiger charge is 2.05. The van der Waals surface area contributed by atoms with Crippen LogP contribution in [0.5, 0.6) is 0 Å². The summed E-state index contributed by atoms with van der Waals surface area (Å²) in [5, 5.41) is 3.05. The van der Waals surface area contributed by atoms with E-state index in [1.165, 1.54) is 16.7 Å². The van der Waals surface area contributed by atoms with E-state index < -0.39 is 0 Å². The second-order valence-electron chi connectivity index (χ2n) is 4.03. The minimum Gasteiger partial charge on any atom is -0.369 e. The standard InChI is InChI=1S/C13H16NP/c1-10-2-3-12(8-10)9-11-4-6-13(14-15)7-5-11/h2-7,14H,8-9,15H2,1H3. The van der Waals surface area contributed by atoms with Crippen LogP contribution in [0.3, 0.4) is 0 Å². The lowest BCUT2D eigenvalue weighted by Gasteiger charge is -2.05. The van der Waals surface area contributed by atoms with Crippen LogP contribution in [-0.2, 0) is 6.42 Å². The monoisotopic (exact) mass is 217 g/mol. The Morgan fingerprint density at radius 1 is 1.20 bits per heavy atom. The fourth-order valence-electron chi connectivity index (χ4n) is 1.84. The van der Waals surface area contributed by atoms with Crippen molar-refractivity contribution >= 4 is 15.1 Å². The lowest BCUT2D eigenvalue weighted by atomic mass is 10.0. The van der Waals surface area contributed by atoms with Crippen molar-refractivity contribution in [1.82, 2.24) is 0 Å². The Bertz CT molecular complexity index is 401. The predicted octanol–water partition coefficient (Wildman–Crippen LogP) is 3.71. The van der Waals surface area contributed by atoms with Gasteiger partial charge in [-0.3, -0.25) is 0 Å². The SMILES string of the molecule is CC1=CC=C(Cc2ccc(NP)cc2)C1. The van der Waals surface area contributed by atoms with Gasteiger partial charge >= 0.3 is 0 Å². The summed E-state index contributed by atoms with van der Waals surface area (Å²) in [5.41, 5.74) is 5.50. The summed E-state index contributed by atoms with van der Waals surface area (Å²) in [7, 11) is 2.51. The molecule has 78 valence electrons. The largest absolute Gasteiger partial charge is 0.369 e. The van der Waals surface area contributed by atoms with E-state index in [0.29, 0.717) is 0 Å². The van der Waals surface area contributed by atoms with E-state index in [0.717, 1.165) is 18.5 Å². The van der Waals surface area contributed by atoms with Crippen LogP contribution in [-0.4, -0.2) is 0 Å². The fourth-order valence-corrected chi connectivity index (χ4v) is 2.03. The zero-order chi connectivity index (χ0) is 10.7. The van der Waals surface area contributed by atoms with Gasteiger partial charge in [-0.1, -0.05) is 35.4 Å². The third kappa shape index (κ3) is 2.70. The van der Waals surface area contributed by atoms with Gasteiger partial charge in [0, 0.05) is 5.69 Å². The van der Waals surface area contributed by atoms with Crippen molar-refractivity contribution in [3.8, 4) is 0 Å². The van der Waals surface area contributed by atoms with Gasteiger partial charge in [-0.2, -0.15) is 0 Å². The predicted molar refractivity (Wildman–Crippen MR) is 69.9 cm³/mol. The maximum absolute atomic E-state index is 3.05. The first kappa shape index (κ1) is 10.4. The Morgan fingerprint density at radius 2 is 1.93 bits per heavy atom. The number of hydrogen-bond acceptors (Lipinski definition) is 1. The van der Waals surface area contributed by atoms with Crippen LogP contribution >= 0.6 is 9.39 Å². The van der Waals surface area contributed by atoms with Gasteiger partial charge in [0.1, 0.15) is 0 Å². The Labute approximate surface area is 93.5 Å². The molecule has 0 heterocycles. The van der Waals surface area contributed by atoms with Crippen LogP contribution < -0.4 is 5.09 Å². The van der Waals surface area contributed by atoms with E-state index in [4.69, 9.17) is 0 Å². The van der Waals surface area contributed by atoms with E-state index in [9.17, 15) is 0 Å². The number of nitrogens with one attached hydrogen (secondary N) is 1. The molecule has 0 saturated heterocycles. The molecule has 1 atom stereocenters. The molecule has 2 heteroatoms. The van der Waals surface area contributed by atoms with Crippen molar-refractivity contribution in [3.63, 3.8) is 0 Å². The van der Waals surface area contributed by atoms with Crippen molar-refractivity contribution in [1.29, 1.82) is 0 Å². The quantitative estimate of drug-likeness (QED) is 0.761. The Morgan fingerprint density at radius 3 is 2.47 bits per heavy atom. The third-order valence-electron chi connectivity index (χ3n) is 2.66. The van der Waals surface area contributed by atoms with Crippen LogP contribution in [0, 0.1) is 0 Å². The lowest BCUT2D eigenvalue weighted by molar-refractivity contribution is 1.05. The summed E-state index contributed by atoms with van der Waals surface area (Å²) in [6.07, 6.45) is 6.68. The van der Waals surface area contributed by atoms with E-state index in [1.807, 2.05) is 0 Å². The minimum atomic E-state index is 1.07. The number of rotatable bonds is 3. The molecular formula is C13H16NP. The van der Waals surface area contributed by atoms with Gasteiger partial charge in [-0.15, -0.1) is 0 Å². The van der Waals surface area contributed by atoms with Crippen molar-refractivity contribution in [2.24, 2.45) is 0 Å². The molecule has 0 radical (unpaired) electrons. The van der Waals surface area contributed by atoms with E-state index in [-0.39, 0.29) is 0 Å². The summed E-state index contributed by atoms with van der Waals surface area (Å²) in [6.45, 7) is 2.19. The molecule has 1 nitrogen and oxygen atoms in total. The average Bonchev–Trinajstić information content (AvgIpc) is 2.65. The maximum Gasteiger partial charge on any atom is 0.0368 e. The van der Waals surface area contributed by atoms with Crippen molar-refractivity contribution in [3.05, 3.63) is 53.1 Å². The summed E-state index contributed by atoms with van der Waals surface area (Å²) < 4.78 is 0. The number of allylic oxidation sites excluding steroid dienone is 4. The highest BCUT2D eigenvalue weighted by atomic mass is 31.0. The number of hydrogen-bond donors (Lipinski definition) is 1. The lowest BCUT2D eigenvalue weighted by Crippen LogP contribution is -1.89. The smallest absolute Gasteiger partial charge is 0.0368 e. The van der Waals surface area contributed by atoms with Gasteiger partial charge in [-0.05, 0) is 46.9 Å². The summed E-state index contributed by atoms with van der Waals surface area (Å²) in [5.74, 6) is 0. The molecule has 0 amide bonds. The molecule has 1 aromatic rings. The molecule has 0 aliphatic heterocycles. The first-order chi connectivity index (χ1) is 7.28. The van der Waals surface area contributed by atoms with Gasteiger partial charge in [0.25, 0.3) is 0 Å². The topological polar surface area (TPSA) is 12.0 Å². The van der Waals surface area contributed by atoms with Crippen LogP contribution in [0.25, 0.3) is 0 Å². The summed E-state index contributed by atoms with van der Waals surface area (Å²) >= 11 is 0. The molecule has 0 aromatic heterocycles. The van der Waals surface area contributed by atoms with Crippen LogP contribution in [0.1, 0.15) is 18.9 Å². The Kier molecular flexibility index (Phi) is 3.23. The number of anilines is 1. The van der Waals surface area contributed by atoms with Crippen molar-refractivity contribution < 1.29 is 0 Å². The zero-order valence-corrected chi connectivity index (χ0v) is 10.1. The summed E-state index contributed by atoms with van der Waals surface area (Å²) in [6, 6.07) is 8.58. The third-order valence-corrected chi connectivity index (χ3v) is 2.99. The molecule has 1 aromatic carbocycles. The minimum absolute atomic E-state index is 1.07. The Balaban J connectivity index is 2.00. The molecule has 0 fully saturated rings. The van der Waals surface area contributed by atoms with Crippen LogP contribution in [0.4, 0.5) is 5.69 Å². The zero-order valence-electron chi connectivity index (χ0n) is 8.96. The highest BCUT2D eigenvalue weighted by Crippen LogP contribution is 2.22. The molecule has 2 rings (SSSR count). The van der Waals surface area contributed by atoms with Gasteiger partial charge in [-0.25, -0.2) is 0 Å². The average molecular weight is 217 g/mol. The molecule has 1 aliphatic carbocycles. The number of benzene rings is 1. The highest BCUT2D eigenvalue weighted by molar-refractivity contribution is 7.18. The molecule has 0 bridgehead atoms. The second kappa shape index (κ2) is 4.63. The maximum atomic E-state index is 3.05. The summed E-state index contributed by atoms with van der Waals surface area (Å²) in [4.78, 5) is 0. The molecule has 0 spiro atoms. The van der Waals surface area contributed by atoms with Crippen molar-refractivity contribution in [2.45, 2.75) is 19.8 Å². The first-order valence-corrected chi connectivity index (χ1v) is 5.76.